The Bertz CT molecular complexity index is 420. The number of rotatable bonds is 7. The van der Waals surface area contributed by atoms with Gasteiger partial charge in [0.1, 0.15) is 0 Å². The zero-order valence-corrected chi connectivity index (χ0v) is 12.5. The maximum atomic E-state index is 10.6. The number of carboxylic acids is 1. The van der Waals surface area contributed by atoms with Crippen molar-refractivity contribution in [2.24, 2.45) is 5.41 Å². The fourth-order valence-electron chi connectivity index (χ4n) is 2.11. The lowest BCUT2D eigenvalue weighted by atomic mass is 9.89. The van der Waals surface area contributed by atoms with E-state index in [4.69, 9.17) is 5.11 Å². The van der Waals surface area contributed by atoms with E-state index in [0.717, 1.165) is 17.5 Å². The summed E-state index contributed by atoms with van der Waals surface area (Å²) in [7, 11) is 0. The van der Waals surface area contributed by atoms with E-state index >= 15 is 0 Å². The maximum absolute atomic E-state index is 10.6. The smallest absolute Gasteiger partial charge is 0.307 e. The first-order valence-electron chi connectivity index (χ1n) is 6.95. The second kappa shape index (κ2) is 7.41. The molecule has 0 aliphatic rings. The van der Waals surface area contributed by atoms with Gasteiger partial charge in [-0.2, -0.15) is 0 Å². The van der Waals surface area contributed by atoms with Crippen molar-refractivity contribution >= 4 is 5.97 Å². The Morgan fingerprint density at radius 1 is 1.20 bits per heavy atom. The van der Waals surface area contributed by atoms with Crippen LogP contribution in [-0.4, -0.2) is 28.8 Å². The Morgan fingerprint density at radius 3 is 2.25 bits per heavy atom. The minimum atomic E-state index is -0.818. The van der Waals surface area contributed by atoms with Gasteiger partial charge in [-0.1, -0.05) is 45.0 Å². The first-order chi connectivity index (χ1) is 9.26. The molecule has 1 rings (SSSR count). The van der Waals surface area contributed by atoms with Crippen LogP contribution in [0.15, 0.2) is 24.3 Å². The van der Waals surface area contributed by atoms with Crippen molar-refractivity contribution in [2.45, 2.75) is 46.3 Å². The quantitative estimate of drug-likeness (QED) is 0.715. The molecule has 0 amide bonds. The zero-order chi connectivity index (χ0) is 15.2. The normalized spacial score (nSPS) is 13.2. The highest BCUT2D eigenvalue weighted by atomic mass is 16.4. The summed E-state index contributed by atoms with van der Waals surface area (Å²) in [6.07, 6.45) is 0.469. The van der Waals surface area contributed by atoms with Crippen molar-refractivity contribution in [3.8, 4) is 0 Å². The topological polar surface area (TPSA) is 69.6 Å². The summed E-state index contributed by atoms with van der Waals surface area (Å²) in [4.78, 5) is 10.6. The third kappa shape index (κ3) is 7.26. The molecule has 1 atom stereocenters. The van der Waals surface area contributed by atoms with Crippen molar-refractivity contribution in [1.82, 2.24) is 5.32 Å². The average Bonchev–Trinajstić information content (AvgIpc) is 2.28. The molecule has 112 valence electrons. The number of carboxylic acid groups (broad SMARTS) is 1. The number of hydrogen-bond acceptors (Lipinski definition) is 3. The van der Waals surface area contributed by atoms with Crippen molar-refractivity contribution < 1.29 is 15.0 Å². The van der Waals surface area contributed by atoms with Gasteiger partial charge in [0.15, 0.2) is 0 Å². The SMILES string of the molecule is CC(C)(C)CC(O)CNCc1ccc(CC(=O)O)cc1. The largest absolute Gasteiger partial charge is 0.481 e. The molecule has 0 heterocycles. The summed E-state index contributed by atoms with van der Waals surface area (Å²) in [6, 6.07) is 7.50. The van der Waals surface area contributed by atoms with E-state index in [-0.39, 0.29) is 17.9 Å². The van der Waals surface area contributed by atoms with Crippen molar-refractivity contribution in [3.63, 3.8) is 0 Å². The lowest BCUT2D eigenvalue weighted by Crippen LogP contribution is -2.29. The average molecular weight is 279 g/mol. The maximum Gasteiger partial charge on any atom is 0.307 e. The van der Waals surface area contributed by atoms with Gasteiger partial charge in [-0.05, 0) is 23.0 Å². The van der Waals surface area contributed by atoms with Crippen LogP contribution in [0.4, 0.5) is 0 Å². The van der Waals surface area contributed by atoms with Gasteiger partial charge in [-0.15, -0.1) is 0 Å². The van der Waals surface area contributed by atoms with E-state index < -0.39 is 5.97 Å². The fraction of sp³-hybridized carbons (Fsp3) is 0.562. The standard InChI is InChI=1S/C16H25NO3/c1-16(2,3)9-14(18)11-17-10-13-6-4-12(5-7-13)8-15(19)20/h4-7,14,17-18H,8-11H2,1-3H3,(H,19,20). The van der Waals surface area contributed by atoms with Gasteiger partial charge >= 0.3 is 5.97 Å². The molecular formula is C16H25NO3. The lowest BCUT2D eigenvalue weighted by Gasteiger charge is -2.22. The molecule has 0 aromatic heterocycles. The van der Waals surface area contributed by atoms with Crippen LogP contribution in [0.2, 0.25) is 0 Å². The summed E-state index contributed by atoms with van der Waals surface area (Å²) in [5.41, 5.74) is 2.01. The van der Waals surface area contributed by atoms with Crippen LogP contribution < -0.4 is 5.32 Å². The van der Waals surface area contributed by atoms with Crippen LogP contribution in [0, 0.1) is 5.41 Å². The Labute approximate surface area is 120 Å². The number of hydrogen-bond donors (Lipinski definition) is 3. The molecule has 0 radical (unpaired) electrons. The monoisotopic (exact) mass is 279 g/mol. The predicted octanol–water partition coefficient (Wildman–Crippen LogP) is 2.20. The summed E-state index contributed by atoms with van der Waals surface area (Å²) in [5, 5.41) is 21.8. The molecule has 0 saturated carbocycles. The van der Waals surface area contributed by atoms with Crippen LogP contribution in [0.3, 0.4) is 0 Å². The van der Waals surface area contributed by atoms with Gasteiger partial charge in [0, 0.05) is 13.1 Å². The van der Waals surface area contributed by atoms with E-state index in [9.17, 15) is 9.90 Å². The van der Waals surface area contributed by atoms with Gasteiger partial charge in [0.25, 0.3) is 0 Å². The lowest BCUT2D eigenvalue weighted by molar-refractivity contribution is -0.136. The minimum absolute atomic E-state index is 0.0536. The van der Waals surface area contributed by atoms with Crippen LogP contribution in [-0.2, 0) is 17.8 Å². The second-order valence-corrected chi connectivity index (χ2v) is 6.44. The minimum Gasteiger partial charge on any atom is -0.481 e. The molecule has 1 aromatic rings. The summed E-state index contributed by atoms with van der Waals surface area (Å²) >= 11 is 0. The highest BCUT2D eigenvalue weighted by Crippen LogP contribution is 2.20. The zero-order valence-electron chi connectivity index (χ0n) is 12.5. The number of carbonyl (C=O) groups is 1. The number of aliphatic carboxylic acids is 1. The summed E-state index contributed by atoms with van der Waals surface area (Å²) in [5.74, 6) is -0.818. The van der Waals surface area contributed by atoms with Gasteiger partial charge < -0.3 is 15.5 Å². The highest BCUT2D eigenvalue weighted by molar-refractivity contribution is 5.70. The Balaban J connectivity index is 2.33. The van der Waals surface area contributed by atoms with E-state index in [2.05, 4.69) is 26.1 Å². The second-order valence-electron chi connectivity index (χ2n) is 6.44. The van der Waals surface area contributed by atoms with E-state index in [1.165, 1.54) is 0 Å². The number of aliphatic hydroxyl groups is 1. The molecule has 20 heavy (non-hydrogen) atoms. The van der Waals surface area contributed by atoms with Crippen molar-refractivity contribution in [3.05, 3.63) is 35.4 Å². The molecule has 0 aliphatic heterocycles. The molecular weight excluding hydrogens is 254 g/mol. The third-order valence-electron chi connectivity index (χ3n) is 2.94. The van der Waals surface area contributed by atoms with Crippen molar-refractivity contribution in [2.75, 3.05) is 6.54 Å². The first-order valence-corrected chi connectivity index (χ1v) is 6.95. The molecule has 0 bridgehead atoms. The van der Waals surface area contributed by atoms with E-state index in [0.29, 0.717) is 13.1 Å². The van der Waals surface area contributed by atoms with Gasteiger partial charge in [0.05, 0.1) is 12.5 Å². The Hall–Kier alpha value is -1.39. The molecule has 1 unspecified atom stereocenters. The number of aliphatic hydroxyl groups excluding tert-OH is 1. The van der Waals surface area contributed by atoms with E-state index in [1.54, 1.807) is 0 Å². The Kier molecular flexibility index (Phi) is 6.17. The summed E-state index contributed by atoms with van der Waals surface area (Å²) in [6.45, 7) is 7.56. The van der Waals surface area contributed by atoms with Crippen molar-refractivity contribution in [1.29, 1.82) is 0 Å². The number of benzene rings is 1. The fourth-order valence-corrected chi connectivity index (χ4v) is 2.11. The van der Waals surface area contributed by atoms with E-state index in [1.807, 2.05) is 24.3 Å². The molecule has 3 N–H and O–H groups in total. The van der Waals surface area contributed by atoms with Crippen LogP contribution in [0.1, 0.15) is 38.3 Å². The molecule has 4 nitrogen and oxygen atoms in total. The Morgan fingerprint density at radius 2 is 1.75 bits per heavy atom. The molecule has 0 aliphatic carbocycles. The van der Waals surface area contributed by atoms with Gasteiger partial charge in [0.2, 0.25) is 0 Å². The predicted molar refractivity (Wildman–Crippen MR) is 79.6 cm³/mol. The molecule has 0 spiro atoms. The van der Waals surface area contributed by atoms with Crippen LogP contribution in [0.25, 0.3) is 0 Å². The highest BCUT2D eigenvalue weighted by Gasteiger charge is 2.16. The molecule has 0 fully saturated rings. The third-order valence-corrected chi connectivity index (χ3v) is 2.94. The van der Waals surface area contributed by atoms with Crippen LogP contribution in [0.5, 0.6) is 0 Å². The van der Waals surface area contributed by atoms with Crippen LogP contribution >= 0.6 is 0 Å². The summed E-state index contributed by atoms with van der Waals surface area (Å²) < 4.78 is 0. The molecule has 1 aromatic carbocycles. The number of nitrogens with one attached hydrogen (secondary N) is 1. The van der Waals surface area contributed by atoms with Gasteiger partial charge in [-0.25, -0.2) is 0 Å². The van der Waals surface area contributed by atoms with Gasteiger partial charge in [-0.3, -0.25) is 4.79 Å². The molecule has 0 saturated heterocycles. The molecule has 4 heteroatoms. The first kappa shape index (κ1) is 16.7.